The van der Waals surface area contributed by atoms with E-state index in [1.807, 2.05) is 30.3 Å². The van der Waals surface area contributed by atoms with Crippen LogP contribution in [0.3, 0.4) is 0 Å². The third kappa shape index (κ3) is 6.01. The first-order valence-electron chi connectivity index (χ1n) is 11.3. The summed E-state index contributed by atoms with van der Waals surface area (Å²) in [5, 5.41) is 2.92. The number of carbonyl (C=O) groups excluding carboxylic acids is 1. The van der Waals surface area contributed by atoms with Crippen molar-refractivity contribution in [3.05, 3.63) is 53.6 Å². The molecule has 1 saturated carbocycles. The van der Waals surface area contributed by atoms with Crippen LogP contribution in [0.15, 0.2) is 47.4 Å². The average molecular weight is 459 g/mol. The predicted octanol–water partition coefficient (Wildman–Crippen LogP) is 2.97. The molecule has 2 aromatic carbocycles. The summed E-state index contributed by atoms with van der Waals surface area (Å²) in [7, 11) is -3.49. The molecule has 0 spiro atoms. The minimum absolute atomic E-state index is 0.0397. The molecule has 0 aromatic heterocycles. The Balaban J connectivity index is 1.24. The zero-order valence-electron chi connectivity index (χ0n) is 18.1. The van der Waals surface area contributed by atoms with Crippen LogP contribution in [0.1, 0.15) is 43.2 Å². The molecule has 0 saturated heterocycles. The maximum atomic E-state index is 12.6. The van der Waals surface area contributed by atoms with Crippen LogP contribution in [0.25, 0.3) is 0 Å². The highest BCUT2D eigenvalue weighted by molar-refractivity contribution is 7.89. The van der Waals surface area contributed by atoms with Gasteiger partial charge in [-0.25, -0.2) is 13.1 Å². The smallest absolute Gasteiger partial charge is 0.240 e. The van der Waals surface area contributed by atoms with Gasteiger partial charge in [-0.2, -0.15) is 0 Å². The van der Waals surface area contributed by atoms with Crippen LogP contribution in [0.2, 0.25) is 0 Å². The number of carbonyl (C=O) groups is 1. The topological polar surface area (TPSA) is 93.7 Å². The van der Waals surface area contributed by atoms with Gasteiger partial charge in [0.1, 0.15) is 13.2 Å². The van der Waals surface area contributed by atoms with Gasteiger partial charge in [-0.15, -0.1) is 0 Å². The molecule has 32 heavy (non-hydrogen) atoms. The van der Waals surface area contributed by atoms with Crippen LogP contribution < -0.4 is 19.5 Å². The van der Waals surface area contributed by atoms with E-state index < -0.39 is 10.0 Å². The number of nitrogens with one attached hydrogen (secondary N) is 2. The molecule has 1 fully saturated rings. The molecule has 2 aromatic rings. The second-order valence-electron chi connectivity index (χ2n) is 8.35. The van der Waals surface area contributed by atoms with Crippen molar-refractivity contribution in [1.82, 2.24) is 10.0 Å². The number of sulfonamides is 1. The number of ether oxygens (including phenoxy) is 2. The molecular weight excluding hydrogens is 428 g/mol. The monoisotopic (exact) mass is 458 g/mol. The molecule has 1 amide bonds. The largest absolute Gasteiger partial charge is 0.486 e. The lowest BCUT2D eigenvalue weighted by atomic mass is 9.96. The summed E-state index contributed by atoms with van der Waals surface area (Å²) in [4.78, 5) is 12.6. The van der Waals surface area contributed by atoms with E-state index in [4.69, 9.17) is 9.47 Å². The number of hydrogen-bond donors (Lipinski definition) is 2. The third-order valence-corrected chi connectivity index (χ3v) is 7.40. The summed E-state index contributed by atoms with van der Waals surface area (Å²) >= 11 is 0. The first kappa shape index (κ1) is 22.6. The lowest BCUT2D eigenvalue weighted by Crippen LogP contribution is -2.36. The number of fused-ring (bicyclic) bond motifs is 1. The molecular formula is C24H30N2O5S. The first-order chi connectivity index (χ1) is 15.5. The zero-order valence-corrected chi connectivity index (χ0v) is 19.0. The third-order valence-electron chi connectivity index (χ3n) is 5.87. The fraction of sp³-hybridized carbons (Fsp3) is 0.458. The van der Waals surface area contributed by atoms with Gasteiger partial charge in [0, 0.05) is 12.6 Å². The van der Waals surface area contributed by atoms with E-state index in [1.54, 1.807) is 12.1 Å². The van der Waals surface area contributed by atoms with Crippen LogP contribution in [0.5, 0.6) is 11.5 Å². The Morgan fingerprint density at radius 2 is 1.59 bits per heavy atom. The van der Waals surface area contributed by atoms with Crippen molar-refractivity contribution in [2.45, 2.75) is 55.9 Å². The molecule has 2 N–H and O–H groups in total. The molecule has 0 unspecified atom stereocenters. The molecule has 2 aliphatic rings. The summed E-state index contributed by atoms with van der Waals surface area (Å²) in [5.74, 6) is 1.31. The standard InChI is InChI=1S/C24H30N2O5S/c27-24(17-19-8-11-22-23(16-19)31-15-14-30-22)25-13-12-18-6-9-21(10-7-18)32(28,29)26-20-4-2-1-3-5-20/h6-11,16,20,26H,1-5,12-15,17H2,(H,25,27). The van der Waals surface area contributed by atoms with Crippen LogP contribution in [-0.2, 0) is 27.7 Å². The molecule has 7 nitrogen and oxygen atoms in total. The van der Waals surface area contributed by atoms with Gasteiger partial charge < -0.3 is 14.8 Å². The van der Waals surface area contributed by atoms with E-state index in [1.165, 1.54) is 6.42 Å². The van der Waals surface area contributed by atoms with Crippen molar-refractivity contribution in [2.24, 2.45) is 0 Å². The van der Waals surface area contributed by atoms with Crippen molar-refractivity contribution in [3.63, 3.8) is 0 Å². The first-order valence-corrected chi connectivity index (χ1v) is 12.7. The Morgan fingerprint density at radius 3 is 2.34 bits per heavy atom. The van der Waals surface area contributed by atoms with E-state index in [9.17, 15) is 13.2 Å². The normalized spacial score (nSPS) is 16.5. The van der Waals surface area contributed by atoms with Crippen molar-refractivity contribution in [1.29, 1.82) is 0 Å². The highest BCUT2D eigenvalue weighted by atomic mass is 32.2. The van der Waals surface area contributed by atoms with Gasteiger partial charge >= 0.3 is 0 Å². The summed E-state index contributed by atoms with van der Waals surface area (Å²) in [5.41, 5.74) is 1.84. The van der Waals surface area contributed by atoms with Gasteiger partial charge in [0.15, 0.2) is 11.5 Å². The fourth-order valence-electron chi connectivity index (χ4n) is 4.14. The van der Waals surface area contributed by atoms with E-state index in [0.29, 0.717) is 37.7 Å². The van der Waals surface area contributed by atoms with Crippen molar-refractivity contribution >= 4 is 15.9 Å². The lowest BCUT2D eigenvalue weighted by Gasteiger charge is -2.22. The van der Waals surface area contributed by atoms with Gasteiger partial charge in [-0.05, 0) is 54.7 Å². The highest BCUT2D eigenvalue weighted by Gasteiger charge is 2.21. The molecule has 8 heteroatoms. The minimum atomic E-state index is -3.49. The second kappa shape index (κ2) is 10.4. The van der Waals surface area contributed by atoms with Gasteiger partial charge in [-0.3, -0.25) is 4.79 Å². The molecule has 172 valence electrons. The Morgan fingerprint density at radius 1 is 0.906 bits per heavy atom. The Hall–Kier alpha value is -2.58. The number of amides is 1. The number of benzene rings is 2. The summed E-state index contributed by atoms with van der Waals surface area (Å²) in [6.45, 7) is 1.53. The van der Waals surface area contributed by atoms with E-state index in [0.717, 1.165) is 36.8 Å². The molecule has 1 aliphatic heterocycles. The van der Waals surface area contributed by atoms with Crippen LogP contribution >= 0.6 is 0 Å². The maximum Gasteiger partial charge on any atom is 0.240 e. The van der Waals surface area contributed by atoms with E-state index >= 15 is 0 Å². The van der Waals surface area contributed by atoms with Crippen LogP contribution in [0, 0.1) is 0 Å². The average Bonchev–Trinajstić information content (AvgIpc) is 2.80. The van der Waals surface area contributed by atoms with Crippen molar-refractivity contribution in [2.75, 3.05) is 19.8 Å². The molecule has 1 aliphatic carbocycles. The molecule has 0 bridgehead atoms. The maximum absolute atomic E-state index is 12.6. The van der Waals surface area contributed by atoms with Crippen molar-refractivity contribution in [3.8, 4) is 11.5 Å². The summed E-state index contributed by atoms with van der Waals surface area (Å²) in [6, 6.07) is 12.5. The number of rotatable bonds is 8. The molecule has 4 rings (SSSR count). The van der Waals surface area contributed by atoms with Crippen LogP contribution in [-0.4, -0.2) is 40.1 Å². The molecule has 0 atom stereocenters. The van der Waals surface area contributed by atoms with E-state index in [2.05, 4.69) is 10.0 Å². The predicted molar refractivity (Wildman–Crippen MR) is 121 cm³/mol. The van der Waals surface area contributed by atoms with Crippen LogP contribution in [0.4, 0.5) is 0 Å². The minimum Gasteiger partial charge on any atom is -0.486 e. The molecule has 1 heterocycles. The Bertz CT molecular complexity index is 1030. The van der Waals surface area contributed by atoms with Gasteiger partial charge in [0.05, 0.1) is 11.3 Å². The molecule has 0 radical (unpaired) electrons. The zero-order chi connectivity index (χ0) is 22.4. The lowest BCUT2D eigenvalue weighted by molar-refractivity contribution is -0.120. The highest BCUT2D eigenvalue weighted by Crippen LogP contribution is 2.30. The van der Waals surface area contributed by atoms with Gasteiger partial charge in [-0.1, -0.05) is 37.5 Å². The quantitative estimate of drug-likeness (QED) is 0.634. The number of hydrogen-bond acceptors (Lipinski definition) is 5. The SMILES string of the molecule is O=C(Cc1ccc2c(c1)OCCO2)NCCc1ccc(S(=O)(=O)NC2CCCCC2)cc1. The second-order valence-corrected chi connectivity index (χ2v) is 10.1. The van der Waals surface area contributed by atoms with Gasteiger partial charge in [0.2, 0.25) is 15.9 Å². The summed E-state index contributed by atoms with van der Waals surface area (Å²) in [6.07, 6.45) is 6.04. The summed E-state index contributed by atoms with van der Waals surface area (Å²) < 4.78 is 39.1. The Kier molecular flexibility index (Phi) is 7.32. The van der Waals surface area contributed by atoms with Gasteiger partial charge in [0.25, 0.3) is 0 Å². The van der Waals surface area contributed by atoms with Crippen molar-refractivity contribution < 1.29 is 22.7 Å². The Labute approximate surface area is 189 Å². The fourth-order valence-corrected chi connectivity index (χ4v) is 5.44. The van der Waals surface area contributed by atoms with E-state index in [-0.39, 0.29) is 23.3 Å².